The second-order valence-electron chi connectivity index (χ2n) is 5.94. The molecule has 1 aromatic carbocycles. The lowest BCUT2D eigenvalue weighted by atomic mass is 10.1. The van der Waals surface area contributed by atoms with Gasteiger partial charge in [0.25, 0.3) is 0 Å². The van der Waals surface area contributed by atoms with Crippen molar-refractivity contribution in [2.24, 2.45) is 11.8 Å². The highest BCUT2D eigenvalue weighted by Crippen LogP contribution is 2.40. The van der Waals surface area contributed by atoms with E-state index in [0.717, 1.165) is 17.7 Å². The molecule has 2 atom stereocenters. The molecule has 23 heavy (non-hydrogen) atoms. The molecule has 1 aromatic rings. The van der Waals surface area contributed by atoms with E-state index >= 15 is 0 Å². The third kappa shape index (κ3) is 3.57. The van der Waals surface area contributed by atoms with Crippen molar-refractivity contribution in [2.45, 2.75) is 26.8 Å². The predicted octanol–water partition coefficient (Wildman–Crippen LogP) is 1.96. The van der Waals surface area contributed by atoms with Gasteiger partial charge in [0.2, 0.25) is 12.7 Å². The zero-order valence-electron chi connectivity index (χ0n) is 13.4. The van der Waals surface area contributed by atoms with Crippen LogP contribution in [0.4, 0.5) is 0 Å². The third-order valence-corrected chi connectivity index (χ3v) is 4.22. The summed E-state index contributed by atoms with van der Waals surface area (Å²) in [6.45, 7) is 5.06. The second kappa shape index (κ2) is 6.48. The van der Waals surface area contributed by atoms with Gasteiger partial charge in [-0.25, -0.2) is 0 Å². The van der Waals surface area contributed by atoms with Crippen molar-refractivity contribution in [3.63, 3.8) is 0 Å². The Balaban J connectivity index is 1.60. The molecule has 6 nitrogen and oxygen atoms in total. The van der Waals surface area contributed by atoms with Gasteiger partial charge in [0.05, 0.1) is 12.5 Å². The highest BCUT2D eigenvalue weighted by molar-refractivity contribution is 5.76. The largest absolute Gasteiger partial charge is 0.466 e. The minimum Gasteiger partial charge on any atom is -0.466 e. The van der Waals surface area contributed by atoms with E-state index in [2.05, 4.69) is 0 Å². The molecule has 0 spiro atoms. The number of hydrogen-bond donors (Lipinski definition) is 0. The quantitative estimate of drug-likeness (QED) is 0.750. The fourth-order valence-electron chi connectivity index (χ4n) is 2.83. The molecule has 1 heterocycles. The van der Waals surface area contributed by atoms with Crippen molar-refractivity contribution < 1.29 is 23.8 Å². The Bertz CT molecular complexity index is 615. The summed E-state index contributed by atoms with van der Waals surface area (Å²) >= 11 is 0. The standard InChI is InChI=1S/C17H21NO5/c1-3-21-17(20)14-7-13(14)9-18(11(2)19)8-12-4-5-15-16(6-12)23-10-22-15/h4-6,13-14H,3,7-10H2,1-2H3/t13-,14+/m1/s1. The summed E-state index contributed by atoms with van der Waals surface area (Å²) < 4.78 is 15.7. The van der Waals surface area contributed by atoms with Gasteiger partial charge in [0, 0.05) is 20.0 Å². The van der Waals surface area contributed by atoms with Gasteiger partial charge in [0.1, 0.15) is 0 Å². The van der Waals surface area contributed by atoms with Crippen LogP contribution in [0.2, 0.25) is 0 Å². The van der Waals surface area contributed by atoms with E-state index in [4.69, 9.17) is 14.2 Å². The van der Waals surface area contributed by atoms with Crippen LogP contribution in [-0.2, 0) is 20.9 Å². The third-order valence-electron chi connectivity index (χ3n) is 4.22. The maximum Gasteiger partial charge on any atom is 0.309 e. The van der Waals surface area contributed by atoms with Crippen LogP contribution in [0.3, 0.4) is 0 Å². The zero-order chi connectivity index (χ0) is 16.4. The minimum absolute atomic E-state index is 0.00262. The van der Waals surface area contributed by atoms with Crippen molar-refractivity contribution in [1.82, 2.24) is 4.90 Å². The van der Waals surface area contributed by atoms with Crippen LogP contribution in [-0.4, -0.2) is 36.7 Å². The molecule has 2 aliphatic rings. The number of carbonyl (C=O) groups excluding carboxylic acids is 2. The topological polar surface area (TPSA) is 65.1 Å². The molecule has 1 fully saturated rings. The number of nitrogens with zero attached hydrogens (tertiary/aromatic N) is 1. The number of carbonyl (C=O) groups is 2. The predicted molar refractivity (Wildman–Crippen MR) is 81.9 cm³/mol. The minimum atomic E-state index is -0.149. The van der Waals surface area contributed by atoms with Gasteiger partial charge in [-0.3, -0.25) is 9.59 Å². The highest BCUT2D eigenvalue weighted by atomic mass is 16.7. The maximum atomic E-state index is 11.9. The Morgan fingerprint density at radius 3 is 2.83 bits per heavy atom. The average molecular weight is 319 g/mol. The van der Waals surface area contributed by atoms with Crippen molar-refractivity contribution >= 4 is 11.9 Å². The summed E-state index contributed by atoms with van der Waals surface area (Å²) in [6, 6.07) is 5.68. The molecule has 6 heteroatoms. The number of esters is 1. The van der Waals surface area contributed by atoms with Crippen LogP contribution < -0.4 is 9.47 Å². The lowest BCUT2D eigenvalue weighted by Gasteiger charge is -2.21. The lowest BCUT2D eigenvalue weighted by molar-refractivity contribution is -0.145. The molecule has 3 rings (SSSR count). The van der Waals surface area contributed by atoms with E-state index < -0.39 is 0 Å². The number of hydrogen-bond acceptors (Lipinski definition) is 5. The molecule has 0 saturated heterocycles. The second-order valence-corrected chi connectivity index (χ2v) is 5.94. The molecule has 1 saturated carbocycles. The molecule has 1 aliphatic heterocycles. The van der Waals surface area contributed by atoms with Crippen molar-refractivity contribution in [3.8, 4) is 11.5 Å². The summed E-state index contributed by atoms with van der Waals surface area (Å²) in [5, 5.41) is 0. The Morgan fingerprint density at radius 1 is 1.30 bits per heavy atom. The number of amides is 1. The van der Waals surface area contributed by atoms with Crippen LogP contribution in [0.1, 0.15) is 25.8 Å². The average Bonchev–Trinajstić information content (AvgIpc) is 3.13. The Morgan fingerprint density at radius 2 is 2.09 bits per heavy atom. The summed E-state index contributed by atoms with van der Waals surface area (Å²) in [7, 11) is 0. The van der Waals surface area contributed by atoms with Gasteiger partial charge in [-0.15, -0.1) is 0 Å². The molecule has 124 valence electrons. The first kappa shape index (κ1) is 15.6. The van der Waals surface area contributed by atoms with Gasteiger partial charge in [-0.05, 0) is 37.0 Å². The van der Waals surface area contributed by atoms with E-state index in [0.29, 0.717) is 25.4 Å². The normalized spacial score (nSPS) is 21.0. The molecule has 1 aliphatic carbocycles. The van der Waals surface area contributed by atoms with Crippen LogP contribution >= 0.6 is 0 Å². The Kier molecular flexibility index (Phi) is 4.41. The molecule has 0 radical (unpaired) electrons. The van der Waals surface area contributed by atoms with Gasteiger partial charge in [-0.2, -0.15) is 0 Å². The van der Waals surface area contributed by atoms with Gasteiger partial charge < -0.3 is 19.1 Å². The van der Waals surface area contributed by atoms with E-state index in [1.807, 2.05) is 18.2 Å². The van der Waals surface area contributed by atoms with E-state index in [9.17, 15) is 9.59 Å². The fourth-order valence-corrected chi connectivity index (χ4v) is 2.83. The lowest BCUT2D eigenvalue weighted by Crippen LogP contribution is -2.31. The fraction of sp³-hybridized carbons (Fsp3) is 0.529. The number of ether oxygens (including phenoxy) is 3. The van der Waals surface area contributed by atoms with Gasteiger partial charge in [-0.1, -0.05) is 6.07 Å². The van der Waals surface area contributed by atoms with Gasteiger partial charge in [0.15, 0.2) is 11.5 Å². The van der Waals surface area contributed by atoms with Crippen LogP contribution in [0, 0.1) is 11.8 Å². The summed E-state index contributed by atoms with van der Waals surface area (Å²) in [5.41, 5.74) is 0.984. The summed E-state index contributed by atoms with van der Waals surface area (Å²) in [5.74, 6) is 1.43. The van der Waals surface area contributed by atoms with Crippen LogP contribution in [0.5, 0.6) is 11.5 Å². The Labute approximate surface area is 135 Å². The van der Waals surface area contributed by atoms with Crippen LogP contribution in [0.15, 0.2) is 18.2 Å². The summed E-state index contributed by atoms with van der Waals surface area (Å²) in [4.78, 5) is 25.4. The number of fused-ring (bicyclic) bond motifs is 1. The SMILES string of the molecule is CCOC(=O)[C@H]1C[C@@H]1CN(Cc1ccc2c(c1)OCO2)C(C)=O. The van der Waals surface area contributed by atoms with Crippen LogP contribution in [0.25, 0.3) is 0 Å². The molecular weight excluding hydrogens is 298 g/mol. The highest BCUT2D eigenvalue weighted by Gasteiger charge is 2.45. The molecule has 0 aromatic heterocycles. The number of benzene rings is 1. The smallest absolute Gasteiger partial charge is 0.309 e. The molecular formula is C17H21NO5. The monoisotopic (exact) mass is 319 g/mol. The van der Waals surface area contributed by atoms with Crippen molar-refractivity contribution in [1.29, 1.82) is 0 Å². The molecule has 0 bridgehead atoms. The van der Waals surface area contributed by atoms with Crippen molar-refractivity contribution in [3.05, 3.63) is 23.8 Å². The van der Waals surface area contributed by atoms with Gasteiger partial charge >= 0.3 is 5.97 Å². The molecule has 0 N–H and O–H groups in total. The Hall–Kier alpha value is -2.24. The first-order valence-corrected chi connectivity index (χ1v) is 7.89. The van der Waals surface area contributed by atoms with E-state index in [1.165, 1.54) is 0 Å². The van der Waals surface area contributed by atoms with E-state index in [1.54, 1.807) is 18.7 Å². The van der Waals surface area contributed by atoms with Crippen molar-refractivity contribution in [2.75, 3.05) is 19.9 Å². The molecule has 1 amide bonds. The summed E-state index contributed by atoms with van der Waals surface area (Å²) in [6.07, 6.45) is 0.795. The maximum absolute atomic E-state index is 11.9. The molecule has 0 unspecified atom stereocenters. The van der Waals surface area contributed by atoms with E-state index in [-0.39, 0.29) is 30.5 Å². The first-order valence-electron chi connectivity index (χ1n) is 7.89. The number of rotatable bonds is 6. The first-order chi connectivity index (χ1) is 11.1. The zero-order valence-corrected chi connectivity index (χ0v) is 13.4.